The molecule has 2 rings (SSSR count). The normalized spacial score (nSPS) is 25.6. The summed E-state index contributed by atoms with van der Waals surface area (Å²) in [6.07, 6.45) is 4.38. The summed E-state index contributed by atoms with van der Waals surface area (Å²) in [6.45, 7) is 1.88. The molecule has 0 aromatic heterocycles. The van der Waals surface area contributed by atoms with Crippen LogP contribution in [0.3, 0.4) is 0 Å². The van der Waals surface area contributed by atoms with Gasteiger partial charge in [-0.1, -0.05) is 37.8 Å². The molecular formula is C15H22O3S. The number of aliphatic hydroxyl groups excluding tert-OH is 1. The van der Waals surface area contributed by atoms with Gasteiger partial charge in [-0.15, -0.1) is 0 Å². The molecule has 1 saturated carbocycles. The van der Waals surface area contributed by atoms with Crippen molar-refractivity contribution in [3.05, 3.63) is 29.8 Å². The molecule has 1 N–H and O–H groups in total. The average Bonchev–Trinajstić information content (AvgIpc) is 2.34. The molecule has 2 unspecified atom stereocenters. The van der Waals surface area contributed by atoms with Crippen molar-refractivity contribution in [1.29, 1.82) is 0 Å². The van der Waals surface area contributed by atoms with E-state index in [1.807, 2.05) is 13.0 Å². The fourth-order valence-electron chi connectivity index (χ4n) is 2.76. The summed E-state index contributed by atoms with van der Waals surface area (Å²) in [5, 5.41) is 9.52. The van der Waals surface area contributed by atoms with Gasteiger partial charge in [0.15, 0.2) is 9.84 Å². The standard InChI is InChI=1S/C15H22O3S/c1-12-7-6-8-13(11-12)19(17,18)15-10-5-3-2-4-9-14(15)16/h6-8,11,14-16H,2-5,9-10H2,1H3. The molecule has 1 aromatic rings. The van der Waals surface area contributed by atoms with Crippen LogP contribution in [0.2, 0.25) is 0 Å². The molecule has 19 heavy (non-hydrogen) atoms. The van der Waals surface area contributed by atoms with E-state index in [1.54, 1.807) is 18.2 Å². The molecular weight excluding hydrogens is 260 g/mol. The molecule has 3 nitrogen and oxygen atoms in total. The highest BCUT2D eigenvalue weighted by Gasteiger charge is 2.33. The summed E-state index contributed by atoms with van der Waals surface area (Å²) in [6, 6.07) is 6.97. The lowest BCUT2D eigenvalue weighted by Gasteiger charge is -2.25. The van der Waals surface area contributed by atoms with Crippen LogP contribution < -0.4 is 0 Å². The Balaban J connectivity index is 2.31. The van der Waals surface area contributed by atoms with E-state index in [1.165, 1.54) is 0 Å². The zero-order valence-corrected chi connectivity index (χ0v) is 12.2. The highest BCUT2D eigenvalue weighted by molar-refractivity contribution is 7.92. The maximum atomic E-state index is 12.7. The molecule has 1 aliphatic rings. The molecule has 0 bridgehead atoms. The molecule has 1 aliphatic carbocycles. The summed E-state index contributed by atoms with van der Waals surface area (Å²) in [5.74, 6) is 0. The van der Waals surface area contributed by atoms with Gasteiger partial charge in [-0.3, -0.25) is 0 Å². The summed E-state index contributed by atoms with van der Waals surface area (Å²) >= 11 is 0. The van der Waals surface area contributed by atoms with Gasteiger partial charge in [-0.2, -0.15) is 0 Å². The van der Waals surface area contributed by atoms with Gasteiger partial charge in [0.1, 0.15) is 0 Å². The minimum Gasteiger partial charge on any atom is -0.392 e. The van der Waals surface area contributed by atoms with Gasteiger partial charge in [0, 0.05) is 0 Å². The summed E-state index contributed by atoms with van der Waals surface area (Å²) < 4.78 is 25.3. The number of benzene rings is 1. The van der Waals surface area contributed by atoms with Crippen LogP contribution in [-0.4, -0.2) is 24.9 Å². The van der Waals surface area contributed by atoms with Crippen LogP contribution in [-0.2, 0) is 9.84 Å². The van der Waals surface area contributed by atoms with Crippen LogP contribution in [0.25, 0.3) is 0 Å². The predicted molar refractivity (Wildman–Crippen MR) is 75.9 cm³/mol. The van der Waals surface area contributed by atoms with Crippen molar-refractivity contribution in [1.82, 2.24) is 0 Å². The average molecular weight is 282 g/mol. The van der Waals surface area contributed by atoms with Gasteiger partial charge >= 0.3 is 0 Å². The molecule has 0 aliphatic heterocycles. The van der Waals surface area contributed by atoms with Crippen molar-refractivity contribution in [3.63, 3.8) is 0 Å². The predicted octanol–water partition coefficient (Wildman–Crippen LogP) is 2.85. The van der Waals surface area contributed by atoms with Crippen molar-refractivity contribution >= 4 is 9.84 Å². The number of aliphatic hydroxyl groups is 1. The minimum absolute atomic E-state index is 0.345. The molecule has 0 heterocycles. The minimum atomic E-state index is -3.42. The molecule has 1 fully saturated rings. The topological polar surface area (TPSA) is 54.4 Å². The number of hydrogen-bond donors (Lipinski definition) is 1. The highest BCUT2D eigenvalue weighted by Crippen LogP contribution is 2.28. The third-order valence-electron chi connectivity index (χ3n) is 3.88. The van der Waals surface area contributed by atoms with Crippen LogP contribution in [0.4, 0.5) is 0 Å². The smallest absolute Gasteiger partial charge is 0.183 e. The van der Waals surface area contributed by atoms with Crippen LogP contribution in [0.1, 0.15) is 44.1 Å². The van der Waals surface area contributed by atoms with Gasteiger partial charge in [0.25, 0.3) is 0 Å². The lowest BCUT2D eigenvalue weighted by molar-refractivity contribution is 0.144. The molecule has 1 aromatic carbocycles. The molecule has 4 heteroatoms. The lowest BCUT2D eigenvalue weighted by Crippen LogP contribution is -2.35. The van der Waals surface area contributed by atoms with E-state index in [4.69, 9.17) is 0 Å². The Morgan fingerprint density at radius 2 is 1.79 bits per heavy atom. The lowest BCUT2D eigenvalue weighted by atomic mass is 9.98. The fourth-order valence-corrected chi connectivity index (χ4v) is 4.75. The number of rotatable bonds is 2. The van der Waals surface area contributed by atoms with E-state index in [2.05, 4.69) is 0 Å². The van der Waals surface area contributed by atoms with Crippen LogP contribution >= 0.6 is 0 Å². The Labute approximate surface area is 115 Å². The Kier molecular flexibility index (Phi) is 4.63. The first-order chi connectivity index (χ1) is 9.01. The van der Waals surface area contributed by atoms with Gasteiger partial charge in [0.05, 0.1) is 16.2 Å². The first-order valence-corrected chi connectivity index (χ1v) is 8.55. The highest BCUT2D eigenvalue weighted by atomic mass is 32.2. The molecule has 0 amide bonds. The zero-order valence-electron chi connectivity index (χ0n) is 11.4. The summed E-state index contributed by atoms with van der Waals surface area (Å²) in [5.41, 5.74) is 0.932. The zero-order chi connectivity index (χ0) is 13.9. The van der Waals surface area contributed by atoms with E-state index in [0.717, 1.165) is 31.2 Å². The van der Waals surface area contributed by atoms with Crippen molar-refractivity contribution in [3.8, 4) is 0 Å². The molecule has 0 saturated heterocycles. The first kappa shape index (κ1) is 14.5. The maximum absolute atomic E-state index is 12.7. The Hall–Kier alpha value is -0.870. The number of aryl methyl sites for hydroxylation is 1. The third kappa shape index (κ3) is 3.37. The van der Waals surface area contributed by atoms with E-state index in [-0.39, 0.29) is 0 Å². The van der Waals surface area contributed by atoms with Crippen molar-refractivity contribution < 1.29 is 13.5 Å². The van der Waals surface area contributed by atoms with E-state index >= 15 is 0 Å². The van der Waals surface area contributed by atoms with Crippen LogP contribution in [0.5, 0.6) is 0 Å². The molecule has 0 radical (unpaired) electrons. The SMILES string of the molecule is Cc1cccc(S(=O)(=O)C2CCCCCCC2O)c1. The second-order valence-electron chi connectivity index (χ2n) is 5.46. The number of hydrogen-bond acceptors (Lipinski definition) is 3. The second kappa shape index (κ2) is 6.06. The number of sulfone groups is 1. The summed E-state index contributed by atoms with van der Waals surface area (Å²) in [4.78, 5) is 0.345. The fraction of sp³-hybridized carbons (Fsp3) is 0.600. The summed E-state index contributed by atoms with van der Waals surface area (Å²) in [7, 11) is -3.42. The van der Waals surface area contributed by atoms with Crippen LogP contribution in [0, 0.1) is 6.92 Å². The Bertz CT molecular complexity index is 522. The Morgan fingerprint density at radius 3 is 2.47 bits per heavy atom. The van der Waals surface area contributed by atoms with Gasteiger partial charge in [-0.05, 0) is 37.5 Å². The van der Waals surface area contributed by atoms with E-state index in [9.17, 15) is 13.5 Å². The quantitative estimate of drug-likeness (QED) is 0.907. The largest absolute Gasteiger partial charge is 0.392 e. The molecule has 2 atom stereocenters. The molecule has 106 valence electrons. The molecule has 0 spiro atoms. The van der Waals surface area contributed by atoms with Gasteiger partial charge in [-0.25, -0.2) is 8.42 Å². The second-order valence-corrected chi connectivity index (χ2v) is 7.63. The maximum Gasteiger partial charge on any atom is 0.183 e. The van der Waals surface area contributed by atoms with Crippen molar-refractivity contribution in [2.45, 2.75) is 61.7 Å². The van der Waals surface area contributed by atoms with Gasteiger partial charge in [0.2, 0.25) is 0 Å². The Morgan fingerprint density at radius 1 is 1.11 bits per heavy atom. The van der Waals surface area contributed by atoms with Crippen molar-refractivity contribution in [2.24, 2.45) is 0 Å². The van der Waals surface area contributed by atoms with Crippen LogP contribution in [0.15, 0.2) is 29.2 Å². The van der Waals surface area contributed by atoms with Gasteiger partial charge < -0.3 is 5.11 Å². The third-order valence-corrected chi connectivity index (χ3v) is 6.14. The van der Waals surface area contributed by atoms with E-state index in [0.29, 0.717) is 17.7 Å². The monoisotopic (exact) mass is 282 g/mol. The first-order valence-electron chi connectivity index (χ1n) is 7.00. The van der Waals surface area contributed by atoms with Crippen molar-refractivity contribution in [2.75, 3.05) is 0 Å². The van der Waals surface area contributed by atoms with E-state index < -0.39 is 21.2 Å².